The Hall–Kier alpha value is -6.53. The quantitative estimate of drug-likeness (QED) is 0.0326. The van der Waals surface area contributed by atoms with Crippen LogP contribution in [0.2, 0.25) is 0 Å². The number of aliphatic hydroxyl groups excluding tert-OH is 2. The van der Waals surface area contributed by atoms with Gasteiger partial charge < -0.3 is 97.4 Å². The van der Waals surface area contributed by atoms with E-state index in [2.05, 4.69) is 65.1 Å². The first-order chi connectivity index (χ1) is 38.2. The van der Waals surface area contributed by atoms with Gasteiger partial charge in [-0.25, -0.2) is 0 Å². The fourth-order valence-electron chi connectivity index (χ4n) is 8.47. The molecule has 0 aliphatic carbocycles. The van der Waals surface area contributed by atoms with Gasteiger partial charge in [0.2, 0.25) is 59.1 Å². The molecule has 462 valence electrons. The van der Waals surface area contributed by atoms with E-state index >= 15 is 0 Å². The van der Waals surface area contributed by atoms with E-state index in [0.717, 1.165) is 12.8 Å². The first kappa shape index (κ1) is 72.5. The van der Waals surface area contributed by atoms with Crippen LogP contribution in [0.25, 0.3) is 0 Å². The zero-order valence-electron chi connectivity index (χ0n) is 48.3. The summed E-state index contributed by atoms with van der Waals surface area (Å²) in [6.45, 7) is 14.6. The molecule has 12 atom stereocenters. The van der Waals surface area contributed by atoms with Crippen molar-refractivity contribution in [2.45, 2.75) is 192 Å². The van der Waals surface area contributed by atoms with Crippen LogP contribution in [0.3, 0.4) is 0 Å². The molecule has 29 nitrogen and oxygen atoms in total. The van der Waals surface area contributed by atoms with E-state index < -0.39 is 150 Å². The topological polar surface area (TPSA) is 491 Å². The Labute approximate surface area is 475 Å². The van der Waals surface area contributed by atoms with Crippen LogP contribution in [-0.2, 0) is 52.7 Å². The van der Waals surface area contributed by atoms with Crippen LogP contribution in [0.5, 0.6) is 0 Å². The zero-order chi connectivity index (χ0) is 61.5. The van der Waals surface area contributed by atoms with E-state index in [4.69, 9.17) is 28.7 Å². The molecule has 1 rings (SSSR count). The highest BCUT2D eigenvalue weighted by atomic mass is 16.3. The van der Waals surface area contributed by atoms with Crippen LogP contribution in [0.4, 0.5) is 0 Å². The lowest BCUT2D eigenvalue weighted by atomic mass is 9.99. The van der Waals surface area contributed by atoms with E-state index in [1.54, 1.807) is 27.7 Å². The number of carbonyl (C=O) groups is 11. The fraction of sp³-hybridized carbons (Fsp3) is 0.750. The Balaban J connectivity index is 3.84. The lowest BCUT2D eigenvalue weighted by molar-refractivity contribution is -0.136. The molecule has 0 spiro atoms. The first-order valence-electron chi connectivity index (χ1n) is 28.0. The Bertz CT molecular complexity index is 2100. The molecule has 1 aliphatic heterocycles. The minimum Gasteiger partial charge on any atom is -0.510 e. The normalized spacial score (nSPS) is 23.1. The van der Waals surface area contributed by atoms with Gasteiger partial charge >= 0.3 is 0 Å². The Morgan fingerprint density at radius 1 is 0.568 bits per heavy atom. The van der Waals surface area contributed by atoms with E-state index in [0.29, 0.717) is 12.3 Å². The van der Waals surface area contributed by atoms with Crippen molar-refractivity contribution in [1.82, 2.24) is 58.5 Å². The maximum absolute atomic E-state index is 14.4. The second kappa shape index (κ2) is 38.2. The van der Waals surface area contributed by atoms with Gasteiger partial charge in [0.25, 0.3) is 5.91 Å². The lowest BCUT2D eigenvalue weighted by Crippen LogP contribution is -2.61. The van der Waals surface area contributed by atoms with Crippen molar-refractivity contribution in [3.8, 4) is 0 Å². The summed E-state index contributed by atoms with van der Waals surface area (Å²) in [5.74, 6) is -10.7. The molecule has 1 saturated heterocycles. The molecule has 29 heteroatoms. The summed E-state index contributed by atoms with van der Waals surface area (Å²) in [4.78, 5) is 152. The number of amides is 11. The van der Waals surface area contributed by atoms with E-state index in [1.807, 2.05) is 13.8 Å². The lowest BCUT2D eigenvalue weighted by Gasteiger charge is -2.29. The number of nitrogens with one attached hydrogen (secondary N) is 11. The van der Waals surface area contributed by atoms with Crippen LogP contribution in [-0.4, -0.2) is 181 Å². The molecular formula is C52H96N16O13. The van der Waals surface area contributed by atoms with Gasteiger partial charge in [-0.15, -0.1) is 0 Å². The summed E-state index contributed by atoms with van der Waals surface area (Å²) in [5, 5.41) is 49.0. The highest BCUT2D eigenvalue weighted by Crippen LogP contribution is 2.13. The third-order valence-electron chi connectivity index (χ3n) is 13.2. The number of aliphatic hydroxyl groups is 2. The largest absolute Gasteiger partial charge is 0.510 e. The molecule has 81 heavy (non-hydrogen) atoms. The van der Waals surface area contributed by atoms with E-state index in [-0.39, 0.29) is 95.9 Å². The number of hydrogen-bond acceptors (Lipinski definition) is 18. The number of hydrogen-bond donors (Lipinski definition) is 18. The molecule has 0 saturated carbocycles. The van der Waals surface area contributed by atoms with Gasteiger partial charge in [-0.3, -0.25) is 52.7 Å². The van der Waals surface area contributed by atoms with Crippen molar-refractivity contribution >= 4 is 65.0 Å². The zero-order valence-corrected chi connectivity index (χ0v) is 48.3. The van der Waals surface area contributed by atoms with Crippen molar-refractivity contribution < 1.29 is 63.0 Å². The highest BCUT2D eigenvalue weighted by Gasteiger charge is 2.37. The van der Waals surface area contributed by atoms with Crippen LogP contribution < -0.4 is 87.2 Å². The third-order valence-corrected chi connectivity index (χ3v) is 13.2. The average Bonchev–Trinajstić information content (AvgIpc) is 3.39. The predicted molar refractivity (Wildman–Crippen MR) is 301 cm³/mol. The van der Waals surface area contributed by atoms with Crippen molar-refractivity contribution in [3.05, 3.63) is 12.3 Å². The van der Waals surface area contributed by atoms with Gasteiger partial charge in [-0.05, 0) is 115 Å². The first-order valence-corrected chi connectivity index (χ1v) is 28.0. The summed E-state index contributed by atoms with van der Waals surface area (Å²) in [6, 6.07) is -14.8. The van der Waals surface area contributed by atoms with Gasteiger partial charge in [0.15, 0.2) is 6.04 Å². The molecule has 0 aromatic heterocycles. The molecule has 0 aromatic rings. The number of nitrogens with two attached hydrogens (primary N) is 5. The average molecular weight is 1150 g/mol. The van der Waals surface area contributed by atoms with Crippen LogP contribution >= 0.6 is 0 Å². The summed E-state index contributed by atoms with van der Waals surface area (Å²) in [5.41, 5.74) is 29.2. The van der Waals surface area contributed by atoms with E-state index in [1.165, 1.54) is 6.92 Å². The van der Waals surface area contributed by atoms with Gasteiger partial charge in [0.05, 0.1) is 6.10 Å². The van der Waals surface area contributed by atoms with Crippen molar-refractivity contribution in [2.75, 3.05) is 39.3 Å². The summed E-state index contributed by atoms with van der Waals surface area (Å²) in [7, 11) is 0. The molecule has 1 unspecified atom stereocenters. The molecule has 23 N–H and O–H groups in total. The molecule has 1 heterocycles. The smallest absolute Gasteiger partial charge is 0.251 e. The Morgan fingerprint density at radius 2 is 1.00 bits per heavy atom. The molecule has 11 amide bonds. The van der Waals surface area contributed by atoms with E-state index in [9.17, 15) is 63.0 Å². The monoisotopic (exact) mass is 1150 g/mol. The van der Waals surface area contributed by atoms with Crippen molar-refractivity contribution in [2.24, 2.45) is 46.4 Å². The maximum atomic E-state index is 14.4. The van der Waals surface area contributed by atoms with Gasteiger partial charge in [0, 0.05) is 13.0 Å². The Morgan fingerprint density at radius 3 is 1.42 bits per heavy atom. The molecule has 0 radical (unpaired) electrons. The minimum absolute atomic E-state index is 0.0391. The maximum Gasteiger partial charge on any atom is 0.251 e. The molecular weight excluding hydrogens is 1060 g/mol. The standard InChI is InChI=1S/C52H96N16O13/c1-9-29(6)11-10-12-40(71)59-32(13-19-53)47(76)68-42(31(8)70)52(81)64-35(16-22-56)44(73)63-37-18-24-58-51(80)41(30(7)69)67-48(77)36(17-23-57)61-43(72)33(14-20-54)62-49(78)38(25-27(2)3)66-50(79)39(26-28(4)5)65-45(74)34(15-21-55)60-46(37)75/h27-30,32-39,41-42,69-70H,8-26,53-57H2,1-7H3,(H,58,80)(H,59,71)(H,60,75)(H,61,72)(H,62,78)(H,63,73)(H,64,81)(H,65,74)(H,66,79)(H,67,77)(H,68,76)/t29?,30-,32+,33+,34+,35+,36+,37+,38+,39-,41+,42+/m1/s1. The second-order valence-corrected chi connectivity index (χ2v) is 21.3. The van der Waals surface area contributed by atoms with Crippen LogP contribution in [0, 0.1) is 17.8 Å². The summed E-state index contributed by atoms with van der Waals surface area (Å²) in [6.07, 6.45) is -0.387. The molecule has 0 aromatic carbocycles. The molecule has 1 fully saturated rings. The van der Waals surface area contributed by atoms with Crippen LogP contribution in [0.15, 0.2) is 12.3 Å². The van der Waals surface area contributed by atoms with Crippen LogP contribution in [0.1, 0.15) is 126 Å². The molecule has 0 bridgehead atoms. The fourth-order valence-corrected chi connectivity index (χ4v) is 8.47. The number of carbonyl (C=O) groups excluding carboxylic acids is 11. The SMILES string of the molecule is C=C(O)[C@H](NC(=O)[C@H](CCN)NC(=O)CCCC(C)CC)C(=O)N[C@@H](CCN)C(=O)N[C@H]1CCNC(=O)[C@H]([C@@H](C)O)NC(=O)[C@H](CCN)NC(=O)[C@H](CCN)NC(=O)[C@H](CC(C)C)NC(=O)[C@@H](CC(C)C)NC(=O)[C@H](CCN)NC1=O. The van der Waals surface area contributed by atoms with Gasteiger partial charge in [-0.1, -0.05) is 61.0 Å². The minimum atomic E-state index is -1.89. The predicted octanol–water partition coefficient (Wildman–Crippen LogP) is -5.14. The summed E-state index contributed by atoms with van der Waals surface area (Å²) >= 11 is 0. The van der Waals surface area contributed by atoms with Crippen molar-refractivity contribution in [3.63, 3.8) is 0 Å². The molecule has 1 aliphatic rings. The third kappa shape index (κ3) is 26.7. The Kier molecular flexibility index (Phi) is 34.2. The van der Waals surface area contributed by atoms with Gasteiger partial charge in [-0.2, -0.15) is 0 Å². The highest BCUT2D eigenvalue weighted by molar-refractivity contribution is 5.99. The number of rotatable bonds is 28. The van der Waals surface area contributed by atoms with Crippen molar-refractivity contribution in [1.29, 1.82) is 0 Å². The second-order valence-electron chi connectivity index (χ2n) is 21.3. The summed E-state index contributed by atoms with van der Waals surface area (Å²) < 4.78 is 0. The van der Waals surface area contributed by atoms with Gasteiger partial charge in [0.1, 0.15) is 60.1 Å².